The molecule has 1 aromatic rings. The predicted octanol–water partition coefficient (Wildman–Crippen LogP) is 2.30. The fourth-order valence-electron chi connectivity index (χ4n) is 2.98. The van der Waals surface area contributed by atoms with Gasteiger partial charge in [-0.05, 0) is 24.9 Å². The molecule has 2 fully saturated rings. The van der Waals surface area contributed by atoms with Crippen LogP contribution in [-0.2, 0) is 11.3 Å². The Hall–Kier alpha value is -0.860. The van der Waals surface area contributed by atoms with Gasteiger partial charge >= 0.3 is 0 Å². The number of ether oxygens (including phenoxy) is 1. The first kappa shape index (κ1) is 10.3. The highest BCUT2D eigenvalue weighted by Crippen LogP contribution is 2.38. The van der Waals surface area contributed by atoms with E-state index in [9.17, 15) is 0 Å². The Bertz CT molecular complexity index is 343. The quantitative estimate of drug-likeness (QED) is 0.753. The zero-order valence-corrected chi connectivity index (χ0v) is 9.69. The third kappa shape index (κ3) is 2.00. The second-order valence-electron chi connectivity index (χ2n) is 5.25. The van der Waals surface area contributed by atoms with Gasteiger partial charge in [0.2, 0.25) is 0 Å². The maximum absolute atomic E-state index is 5.55. The van der Waals surface area contributed by atoms with E-state index >= 15 is 0 Å². The number of nitrogens with zero attached hydrogens (tertiary/aromatic N) is 1. The molecule has 16 heavy (non-hydrogen) atoms. The highest BCUT2D eigenvalue weighted by Gasteiger charge is 2.40. The first-order valence-electron chi connectivity index (χ1n) is 6.20. The molecule has 2 saturated heterocycles. The Morgan fingerprint density at radius 1 is 1.19 bits per heavy atom. The topological polar surface area (TPSA) is 12.5 Å². The van der Waals surface area contributed by atoms with Crippen LogP contribution in [0.2, 0.25) is 0 Å². The second kappa shape index (κ2) is 4.19. The molecule has 0 saturated carbocycles. The van der Waals surface area contributed by atoms with E-state index in [0.29, 0.717) is 5.41 Å². The summed E-state index contributed by atoms with van der Waals surface area (Å²) < 4.78 is 5.55. The molecule has 86 valence electrons. The highest BCUT2D eigenvalue weighted by atomic mass is 16.5. The summed E-state index contributed by atoms with van der Waals surface area (Å²) in [4.78, 5) is 2.57. The van der Waals surface area contributed by atoms with Crippen LogP contribution in [0.3, 0.4) is 0 Å². The van der Waals surface area contributed by atoms with Crippen LogP contribution in [0.5, 0.6) is 0 Å². The molecule has 0 amide bonds. The summed E-state index contributed by atoms with van der Waals surface area (Å²) >= 11 is 0. The molecule has 0 bridgehead atoms. The van der Waals surface area contributed by atoms with E-state index in [4.69, 9.17) is 4.74 Å². The predicted molar refractivity (Wildman–Crippen MR) is 64.2 cm³/mol. The van der Waals surface area contributed by atoms with Gasteiger partial charge in [-0.1, -0.05) is 30.3 Å². The Balaban J connectivity index is 1.62. The maximum Gasteiger partial charge on any atom is 0.0536 e. The molecule has 2 aliphatic heterocycles. The summed E-state index contributed by atoms with van der Waals surface area (Å²) in [6.45, 7) is 5.51. The second-order valence-corrected chi connectivity index (χ2v) is 5.25. The van der Waals surface area contributed by atoms with Crippen molar-refractivity contribution >= 4 is 0 Å². The molecule has 1 spiro atoms. The summed E-state index contributed by atoms with van der Waals surface area (Å²) in [6.07, 6.45) is 2.58. The van der Waals surface area contributed by atoms with Crippen LogP contribution in [0.15, 0.2) is 30.3 Å². The third-order valence-corrected chi connectivity index (χ3v) is 3.95. The molecular weight excluding hydrogens is 198 g/mol. The van der Waals surface area contributed by atoms with Crippen LogP contribution in [0.25, 0.3) is 0 Å². The lowest BCUT2D eigenvalue weighted by atomic mass is 9.87. The standard InChI is InChI=1S/C14H19NO/c1-2-4-13(5-3-1)10-15-8-6-14(11-15)7-9-16-12-14/h1-5H,6-12H2. The van der Waals surface area contributed by atoms with Crippen LogP contribution in [0.4, 0.5) is 0 Å². The molecule has 1 unspecified atom stereocenters. The Morgan fingerprint density at radius 2 is 2.06 bits per heavy atom. The molecule has 0 aromatic heterocycles. The maximum atomic E-state index is 5.55. The van der Waals surface area contributed by atoms with Gasteiger partial charge in [0.15, 0.2) is 0 Å². The average Bonchev–Trinajstić information content (AvgIpc) is 2.92. The highest BCUT2D eigenvalue weighted by molar-refractivity contribution is 5.14. The molecular formula is C14H19NO. The third-order valence-electron chi connectivity index (χ3n) is 3.95. The summed E-state index contributed by atoms with van der Waals surface area (Å²) in [5.41, 5.74) is 1.92. The molecule has 2 heterocycles. The molecule has 0 radical (unpaired) electrons. The van der Waals surface area contributed by atoms with Gasteiger partial charge in [0.1, 0.15) is 0 Å². The average molecular weight is 217 g/mol. The summed E-state index contributed by atoms with van der Waals surface area (Å²) in [5, 5.41) is 0. The van der Waals surface area contributed by atoms with Crippen LogP contribution in [0.1, 0.15) is 18.4 Å². The summed E-state index contributed by atoms with van der Waals surface area (Å²) in [5.74, 6) is 0. The van der Waals surface area contributed by atoms with Crippen molar-refractivity contribution in [2.45, 2.75) is 19.4 Å². The van der Waals surface area contributed by atoms with Gasteiger partial charge in [-0.2, -0.15) is 0 Å². The van der Waals surface area contributed by atoms with E-state index in [-0.39, 0.29) is 0 Å². The molecule has 1 atom stereocenters. The van der Waals surface area contributed by atoms with E-state index in [0.717, 1.165) is 19.8 Å². The minimum absolute atomic E-state index is 0.495. The van der Waals surface area contributed by atoms with Crippen molar-refractivity contribution in [2.24, 2.45) is 5.41 Å². The molecule has 0 aliphatic carbocycles. The fourth-order valence-corrected chi connectivity index (χ4v) is 2.98. The van der Waals surface area contributed by atoms with Gasteiger partial charge in [0.25, 0.3) is 0 Å². The Kier molecular flexibility index (Phi) is 2.70. The fraction of sp³-hybridized carbons (Fsp3) is 0.571. The van der Waals surface area contributed by atoms with Gasteiger partial charge in [0.05, 0.1) is 6.61 Å². The lowest BCUT2D eigenvalue weighted by Crippen LogP contribution is -2.27. The van der Waals surface area contributed by atoms with Gasteiger partial charge in [-0.15, -0.1) is 0 Å². The molecule has 1 aromatic carbocycles. The lowest BCUT2D eigenvalue weighted by Gasteiger charge is -2.21. The number of likely N-dealkylation sites (tertiary alicyclic amines) is 1. The zero-order valence-electron chi connectivity index (χ0n) is 9.69. The van der Waals surface area contributed by atoms with E-state index in [1.807, 2.05) is 0 Å². The molecule has 2 heteroatoms. The van der Waals surface area contributed by atoms with E-state index in [1.165, 1.54) is 31.5 Å². The van der Waals surface area contributed by atoms with Crippen molar-refractivity contribution in [3.63, 3.8) is 0 Å². The molecule has 2 nitrogen and oxygen atoms in total. The van der Waals surface area contributed by atoms with Crippen LogP contribution in [0, 0.1) is 5.41 Å². The van der Waals surface area contributed by atoms with E-state index in [2.05, 4.69) is 35.2 Å². The van der Waals surface area contributed by atoms with Crippen molar-refractivity contribution in [1.29, 1.82) is 0 Å². The first-order chi connectivity index (χ1) is 7.86. The Labute approximate surface area is 97.2 Å². The van der Waals surface area contributed by atoms with E-state index in [1.54, 1.807) is 0 Å². The van der Waals surface area contributed by atoms with Gasteiger partial charge in [0, 0.05) is 25.1 Å². The van der Waals surface area contributed by atoms with Crippen molar-refractivity contribution in [3.8, 4) is 0 Å². The molecule has 2 aliphatic rings. The number of hydrogen-bond acceptors (Lipinski definition) is 2. The monoisotopic (exact) mass is 217 g/mol. The van der Waals surface area contributed by atoms with Crippen LogP contribution in [-0.4, -0.2) is 31.2 Å². The van der Waals surface area contributed by atoms with Crippen LogP contribution < -0.4 is 0 Å². The minimum Gasteiger partial charge on any atom is -0.381 e. The van der Waals surface area contributed by atoms with Crippen LogP contribution >= 0.6 is 0 Å². The zero-order chi connectivity index (χ0) is 10.8. The van der Waals surface area contributed by atoms with Gasteiger partial charge in [-0.3, -0.25) is 4.90 Å². The summed E-state index contributed by atoms with van der Waals surface area (Å²) in [7, 11) is 0. The first-order valence-corrected chi connectivity index (χ1v) is 6.20. The minimum atomic E-state index is 0.495. The van der Waals surface area contributed by atoms with Gasteiger partial charge in [-0.25, -0.2) is 0 Å². The van der Waals surface area contributed by atoms with Crippen molar-refractivity contribution in [2.75, 3.05) is 26.3 Å². The SMILES string of the molecule is c1ccc(CN2CCC3(CCOC3)C2)cc1. The largest absolute Gasteiger partial charge is 0.381 e. The van der Waals surface area contributed by atoms with Gasteiger partial charge < -0.3 is 4.74 Å². The number of hydrogen-bond donors (Lipinski definition) is 0. The summed E-state index contributed by atoms with van der Waals surface area (Å²) in [6, 6.07) is 10.8. The smallest absolute Gasteiger partial charge is 0.0536 e. The molecule has 0 N–H and O–H groups in total. The van der Waals surface area contributed by atoms with Crippen molar-refractivity contribution < 1.29 is 4.74 Å². The van der Waals surface area contributed by atoms with Crippen molar-refractivity contribution in [1.82, 2.24) is 4.90 Å². The lowest BCUT2D eigenvalue weighted by molar-refractivity contribution is 0.151. The Morgan fingerprint density at radius 3 is 2.81 bits per heavy atom. The van der Waals surface area contributed by atoms with E-state index < -0.39 is 0 Å². The van der Waals surface area contributed by atoms with Crippen molar-refractivity contribution in [3.05, 3.63) is 35.9 Å². The number of rotatable bonds is 2. The normalized spacial score (nSPS) is 30.2. The number of benzene rings is 1. The molecule has 3 rings (SSSR count).